The Labute approximate surface area is 135 Å². The lowest BCUT2D eigenvalue weighted by Gasteiger charge is -2.08. The van der Waals surface area contributed by atoms with Gasteiger partial charge >= 0.3 is 0 Å². The second-order valence-electron chi connectivity index (χ2n) is 4.81. The molecule has 21 heavy (non-hydrogen) atoms. The van der Waals surface area contributed by atoms with Gasteiger partial charge in [0.15, 0.2) is 0 Å². The third-order valence-corrected chi connectivity index (χ3v) is 3.78. The first-order valence-electron chi connectivity index (χ1n) is 6.86. The molecule has 0 amide bonds. The van der Waals surface area contributed by atoms with Gasteiger partial charge in [-0.25, -0.2) is 0 Å². The van der Waals surface area contributed by atoms with Crippen molar-refractivity contribution in [3.8, 4) is 0 Å². The molecule has 2 nitrogen and oxygen atoms in total. The van der Waals surface area contributed by atoms with Gasteiger partial charge in [-0.15, -0.1) is 0 Å². The first-order chi connectivity index (χ1) is 10.2. The summed E-state index contributed by atoms with van der Waals surface area (Å²) in [6, 6.07) is 16.0. The SMILES string of the molecule is NC(=S)c1ccc(COCCCc2ccccc2)c(Cl)c1. The predicted molar refractivity (Wildman–Crippen MR) is 91.8 cm³/mol. The Kier molecular flexibility index (Phi) is 6.18. The summed E-state index contributed by atoms with van der Waals surface area (Å²) in [6.07, 6.45) is 2.02. The number of benzene rings is 2. The number of nitrogens with two attached hydrogens (primary N) is 1. The quantitative estimate of drug-likeness (QED) is 0.616. The van der Waals surface area contributed by atoms with Gasteiger partial charge in [0.2, 0.25) is 0 Å². The van der Waals surface area contributed by atoms with Crippen molar-refractivity contribution in [3.63, 3.8) is 0 Å². The lowest BCUT2D eigenvalue weighted by atomic mass is 10.1. The van der Waals surface area contributed by atoms with Gasteiger partial charge < -0.3 is 10.5 Å². The van der Waals surface area contributed by atoms with Crippen LogP contribution >= 0.6 is 23.8 Å². The first kappa shape index (κ1) is 16.0. The summed E-state index contributed by atoms with van der Waals surface area (Å²) in [5.74, 6) is 0. The lowest BCUT2D eigenvalue weighted by Crippen LogP contribution is -2.09. The molecule has 0 radical (unpaired) electrons. The summed E-state index contributed by atoms with van der Waals surface area (Å²) < 4.78 is 5.67. The van der Waals surface area contributed by atoms with Crippen LogP contribution in [0, 0.1) is 0 Å². The van der Waals surface area contributed by atoms with Gasteiger partial charge in [-0.3, -0.25) is 0 Å². The molecule has 0 spiro atoms. The standard InChI is InChI=1S/C17H18ClNOS/c18-16-11-14(17(19)21)8-9-15(16)12-20-10-4-7-13-5-2-1-3-6-13/h1-3,5-6,8-9,11H,4,7,10,12H2,(H2,19,21). The van der Waals surface area contributed by atoms with Crippen LogP contribution in [0.15, 0.2) is 48.5 Å². The van der Waals surface area contributed by atoms with E-state index in [1.165, 1.54) is 5.56 Å². The van der Waals surface area contributed by atoms with Crippen molar-refractivity contribution >= 4 is 28.8 Å². The van der Waals surface area contributed by atoms with Crippen LogP contribution < -0.4 is 5.73 Å². The Hall–Kier alpha value is -1.42. The molecule has 0 bridgehead atoms. The minimum atomic E-state index is 0.354. The van der Waals surface area contributed by atoms with Gasteiger partial charge in [0.25, 0.3) is 0 Å². The highest BCUT2D eigenvalue weighted by molar-refractivity contribution is 7.80. The molecule has 0 unspecified atom stereocenters. The van der Waals surface area contributed by atoms with Crippen LogP contribution in [0.5, 0.6) is 0 Å². The normalized spacial score (nSPS) is 10.5. The van der Waals surface area contributed by atoms with Crippen LogP contribution in [0.3, 0.4) is 0 Å². The number of ether oxygens (including phenoxy) is 1. The molecule has 0 atom stereocenters. The zero-order chi connectivity index (χ0) is 15.1. The molecular weight excluding hydrogens is 302 g/mol. The molecule has 0 aliphatic carbocycles. The van der Waals surface area contributed by atoms with Crippen molar-refractivity contribution in [1.82, 2.24) is 0 Å². The maximum atomic E-state index is 6.19. The molecule has 0 aromatic heterocycles. The molecule has 2 rings (SSSR count). The minimum Gasteiger partial charge on any atom is -0.389 e. The lowest BCUT2D eigenvalue weighted by molar-refractivity contribution is 0.119. The number of hydrogen-bond donors (Lipinski definition) is 1. The highest BCUT2D eigenvalue weighted by Crippen LogP contribution is 2.19. The van der Waals surface area contributed by atoms with Crippen molar-refractivity contribution in [2.75, 3.05) is 6.61 Å². The summed E-state index contributed by atoms with van der Waals surface area (Å²) in [5.41, 5.74) is 8.64. The fraction of sp³-hybridized carbons (Fsp3) is 0.235. The van der Waals surface area contributed by atoms with Crippen molar-refractivity contribution in [2.45, 2.75) is 19.4 Å². The van der Waals surface area contributed by atoms with E-state index in [0.717, 1.165) is 24.0 Å². The Morgan fingerprint density at radius 2 is 1.90 bits per heavy atom. The zero-order valence-corrected chi connectivity index (χ0v) is 13.3. The van der Waals surface area contributed by atoms with Crippen LogP contribution in [-0.4, -0.2) is 11.6 Å². The summed E-state index contributed by atoms with van der Waals surface area (Å²) in [4.78, 5) is 0.354. The van der Waals surface area contributed by atoms with Crippen molar-refractivity contribution < 1.29 is 4.74 Å². The van der Waals surface area contributed by atoms with Crippen molar-refractivity contribution in [3.05, 3.63) is 70.2 Å². The zero-order valence-electron chi connectivity index (χ0n) is 11.7. The summed E-state index contributed by atoms with van der Waals surface area (Å²) in [6.45, 7) is 1.22. The highest BCUT2D eigenvalue weighted by Gasteiger charge is 2.04. The van der Waals surface area contributed by atoms with Gasteiger partial charge in [0.05, 0.1) is 6.61 Å². The van der Waals surface area contributed by atoms with E-state index in [-0.39, 0.29) is 0 Å². The van der Waals surface area contributed by atoms with Gasteiger partial charge in [-0.1, -0.05) is 66.3 Å². The van der Waals surface area contributed by atoms with Crippen LogP contribution in [0.4, 0.5) is 0 Å². The number of aryl methyl sites for hydroxylation is 1. The summed E-state index contributed by atoms with van der Waals surface area (Å²) in [5, 5.41) is 0.642. The monoisotopic (exact) mass is 319 g/mol. The molecule has 0 fully saturated rings. The van der Waals surface area contributed by atoms with E-state index in [1.54, 1.807) is 6.07 Å². The molecule has 110 valence electrons. The Bertz CT molecular complexity index is 601. The van der Waals surface area contributed by atoms with Crippen molar-refractivity contribution in [2.24, 2.45) is 5.73 Å². The smallest absolute Gasteiger partial charge is 0.104 e. The largest absolute Gasteiger partial charge is 0.389 e. The molecule has 0 saturated carbocycles. The Morgan fingerprint density at radius 3 is 2.57 bits per heavy atom. The van der Waals surface area contributed by atoms with Crippen molar-refractivity contribution in [1.29, 1.82) is 0 Å². The minimum absolute atomic E-state index is 0.354. The summed E-state index contributed by atoms with van der Waals surface area (Å²) in [7, 11) is 0. The van der Waals surface area contributed by atoms with E-state index in [0.29, 0.717) is 23.2 Å². The molecular formula is C17H18ClNOS. The van der Waals surface area contributed by atoms with Crippen LogP contribution in [0.1, 0.15) is 23.1 Å². The van der Waals surface area contributed by atoms with Gasteiger partial charge in [-0.2, -0.15) is 0 Å². The molecule has 0 aliphatic rings. The fourth-order valence-electron chi connectivity index (χ4n) is 2.02. The molecule has 2 aromatic rings. The average molecular weight is 320 g/mol. The van der Waals surface area contributed by atoms with E-state index >= 15 is 0 Å². The average Bonchev–Trinajstić information content (AvgIpc) is 2.49. The fourth-order valence-corrected chi connectivity index (χ4v) is 2.38. The maximum Gasteiger partial charge on any atom is 0.104 e. The summed E-state index contributed by atoms with van der Waals surface area (Å²) >= 11 is 11.1. The van der Waals surface area contributed by atoms with Gasteiger partial charge in [0.1, 0.15) is 4.99 Å². The molecule has 0 heterocycles. The number of thiocarbonyl (C=S) groups is 1. The highest BCUT2D eigenvalue weighted by atomic mass is 35.5. The van der Waals surface area contributed by atoms with E-state index < -0.39 is 0 Å². The predicted octanol–water partition coefficient (Wildman–Crippen LogP) is 4.12. The molecule has 0 saturated heterocycles. The number of halogens is 1. The van der Waals surface area contributed by atoms with Gasteiger partial charge in [-0.05, 0) is 30.0 Å². The topological polar surface area (TPSA) is 35.2 Å². The molecule has 0 aliphatic heterocycles. The van der Waals surface area contributed by atoms with E-state index in [4.69, 9.17) is 34.3 Å². The molecule has 2 N–H and O–H groups in total. The molecule has 2 aromatic carbocycles. The third kappa shape index (κ3) is 5.12. The van der Waals surface area contributed by atoms with Crippen LogP contribution in [0.2, 0.25) is 5.02 Å². The second kappa shape index (κ2) is 8.13. The number of rotatable bonds is 7. The first-order valence-corrected chi connectivity index (χ1v) is 7.65. The number of hydrogen-bond acceptors (Lipinski definition) is 2. The van der Waals surface area contributed by atoms with E-state index in [1.807, 2.05) is 18.2 Å². The Morgan fingerprint density at radius 1 is 1.14 bits per heavy atom. The molecule has 4 heteroatoms. The van der Waals surface area contributed by atoms with Crippen LogP contribution in [-0.2, 0) is 17.8 Å². The van der Waals surface area contributed by atoms with Gasteiger partial charge in [0, 0.05) is 17.2 Å². The van der Waals surface area contributed by atoms with E-state index in [9.17, 15) is 0 Å². The van der Waals surface area contributed by atoms with E-state index in [2.05, 4.69) is 24.3 Å². The van der Waals surface area contributed by atoms with Crippen LogP contribution in [0.25, 0.3) is 0 Å². The Balaban J connectivity index is 1.75. The maximum absolute atomic E-state index is 6.19. The second-order valence-corrected chi connectivity index (χ2v) is 5.66. The third-order valence-electron chi connectivity index (χ3n) is 3.19.